The van der Waals surface area contributed by atoms with Crippen molar-refractivity contribution < 1.29 is 32.2 Å². The van der Waals surface area contributed by atoms with Gasteiger partial charge in [0, 0.05) is 18.0 Å². The maximum Gasteiger partial charge on any atom is 0.490 e. The minimum absolute atomic E-state index is 0.139. The Balaban J connectivity index is 0.000000421. The highest BCUT2D eigenvalue weighted by Gasteiger charge is 2.38. The quantitative estimate of drug-likeness (QED) is 0.168. The van der Waals surface area contributed by atoms with Crippen LogP contribution >= 0.6 is 23.2 Å². The van der Waals surface area contributed by atoms with Crippen LogP contribution in [-0.2, 0) is 22.6 Å². The Morgan fingerprint density at radius 1 is 0.913 bits per heavy atom. The fraction of sp³-hybridized carbons (Fsp3) is 0.265. The van der Waals surface area contributed by atoms with Gasteiger partial charge in [0.25, 0.3) is 0 Å². The van der Waals surface area contributed by atoms with Crippen molar-refractivity contribution in [2.24, 2.45) is 0 Å². The van der Waals surface area contributed by atoms with E-state index in [-0.39, 0.29) is 11.4 Å². The highest BCUT2D eigenvalue weighted by molar-refractivity contribution is 6.40. The lowest BCUT2D eigenvalue weighted by atomic mass is 9.87. The fourth-order valence-electron chi connectivity index (χ4n) is 5.00. The molecule has 0 saturated carbocycles. The Hall–Kier alpha value is -3.96. The topological polar surface area (TPSA) is 97.5 Å². The van der Waals surface area contributed by atoms with Gasteiger partial charge < -0.3 is 19.6 Å². The second kappa shape index (κ2) is 17.1. The molecule has 0 radical (unpaired) electrons. The summed E-state index contributed by atoms with van der Waals surface area (Å²) in [5.41, 5.74) is 4.62. The molecule has 2 heterocycles. The minimum Gasteiger partial charge on any atom is -0.475 e. The number of halogens is 5. The molecule has 46 heavy (non-hydrogen) atoms. The van der Waals surface area contributed by atoms with Gasteiger partial charge in [0.2, 0.25) is 11.8 Å². The van der Waals surface area contributed by atoms with Crippen molar-refractivity contribution in [3.63, 3.8) is 0 Å². The molecule has 1 aliphatic heterocycles. The molecular weight excluding hydrogens is 642 g/mol. The van der Waals surface area contributed by atoms with E-state index in [0.717, 1.165) is 30.6 Å². The summed E-state index contributed by atoms with van der Waals surface area (Å²) < 4.78 is 44.1. The molecule has 12 heteroatoms. The Morgan fingerprint density at radius 3 is 2.22 bits per heavy atom. The summed E-state index contributed by atoms with van der Waals surface area (Å²) in [4.78, 5) is 8.90. The number of aliphatic carboxylic acids is 1. The molecule has 0 amide bonds. The van der Waals surface area contributed by atoms with E-state index >= 15 is 0 Å². The number of hydrogen-bond donors (Lipinski definition) is 2. The van der Waals surface area contributed by atoms with Gasteiger partial charge in [-0.1, -0.05) is 78.9 Å². The zero-order chi connectivity index (χ0) is 32.9. The smallest absolute Gasteiger partial charge is 0.475 e. The van der Waals surface area contributed by atoms with Crippen LogP contribution in [0.2, 0.25) is 0 Å². The Labute approximate surface area is 274 Å². The Bertz CT molecular complexity index is 1670. The Kier molecular flexibility index (Phi) is 13.0. The predicted molar refractivity (Wildman–Crippen MR) is 172 cm³/mol. The molecule has 1 saturated heterocycles. The monoisotopic (exact) mass is 673 g/mol. The lowest BCUT2D eigenvalue weighted by Gasteiger charge is -2.32. The Morgan fingerprint density at radius 2 is 1.54 bits per heavy atom. The van der Waals surface area contributed by atoms with Crippen LogP contribution in [0.15, 0.2) is 101 Å². The molecule has 2 unspecified atom stereocenters. The van der Waals surface area contributed by atoms with Crippen molar-refractivity contribution in [3.05, 3.63) is 120 Å². The van der Waals surface area contributed by atoms with E-state index in [2.05, 4.69) is 82.2 Å². The first-order chi connectivity index (χ1) is 22.2. The number of nitrogens with one attached hydrogen (secondary N) is 1. The number of hydrogen-bond acceptors (Lipinski definition) is 6. The first-order valence-corrected chi connectivity index (χ1v) is 15.4. The maximum absolute atomic E-state index is 10.6. The van der Waals surface area contributed by atoms with Gasteiger partial charge in [0.05, 0.1) is 24.5 Å². The van der Waals surface area contributed by atoms with Crippen LogP contribution in [0.25, 0.3) is 22.2 Å². The third-order valence-electron chi connectivity index (χ3n) is 7.20. The molecule has 1 aromatic heterocycles. The van der Waals surface area contributed by atoms with Gasteiger partial charge >= 0.3 is 12.1 Å². The van der Waals surface area contributed by atoms with E-state index in [1.165, 1.54) is 21.9 Å². The number of carboxylic acid groups (broad SMARTS) is 1. The summed E-state index contributed by atoms with van der Waals surface area (Å²) in [5.74, 6) is -1.20. The van der Waals surface area contributed by atoms with Crippen LogP contribution in [0.3, 0.4) is 0 Å². The maximum atomic E-state index is 10.6. The number of ether oxygens (including phenoxy) is 1. The van der Waals surface area contributed by atoms with E-state index in [1.54, 1.807) is 0 Å². The molecule has 0 bridgehead atoms. The lowest BCUT2D eigenvalue weighted by molar-refractivity contribution is -0.192. The van der Waals surface area contributed by atoms with Gasteiger partial charge in [-0.15, -0.1) is 33.4 Å². The van der Waals surface area contributed by atoms with E-state index in [0.29, 0.717) is 30.7 Å². The highest BCUT2D eigenvalue weighted by Crippen LogP contribution is 2.29. The van der Waals surface area contributed by atoms with Crippen molar-refractivity contribution >= 4 is 39.9 Å². The van der Waals surface area contributed by atoms with Gasteiger partial charge in [0.1, 0.15) is 0 Å². The number of aromatic nitrogens is 2. The van der Waals surface area contributed by atoms with Crippen molar-refractivity contribution in [2.75, 3.05) is 18.4 Å². The highest BCUT2D eigenvalue weighted by atomic mass is 35.5. The number of alkyl halides is 5. The molecule has 2 N–H and O–H groups in total. The molecule has 0 aliphatic carbocycles. The lowest BCUT2D eigenvalue weighted by Crippen LogP contribution is -2.40. The summed E-state index contributed by atoms with van der Waals surface area (Å²) in [5, 5.41) is 21.8. The summed E-state index contributed by atoms with van der Waals surface area (Å²) in [6, 6.07) is 33.7. The summed E-state index contributed by atoms with van der Waals surface area (Å²) >= 11 is 9.53. The molecule has 4 aromatic carbocycles. The van der Waals surface area contributed by atoms with Crippen molar-refractivity contribution in [3.8, 4) is 11.5 Å². The average Bonchev–Trinajstić information content (AvgIpc) is 3.53. The SMILES string of the molecule is ClCCl.O=C(O)C(F)(F)F.c1ccc(-c2nnc(Cc3ccc(C4CCNCC4OCc4ccc5ccccc5c4)cc3)o2)cc1. The molecule has 242 valence electrons. The fourth-order valence-corrected chi connectivity index (χ4v) is 5.00. The van der Waals surface area contributed by atoms with Crippen LogP contribution < -0.4 is 5.32 Å². The van der Waals surface area contributed by atoms with Crippen LogP contribution in [0.4, 0.5) is 13.2 Å². The summed E-state index contributed by atoms with van der Waals surface area (Å²) in [7, 11) is 0. The number of nitrogens with zero attached hydrogens (tertiary/aromatic N) is 2. The van der Waals surface area contributed by atoms with E-state index in [9.17, 15) is 13.2 Å². The average molecular weight is 675 g/mol. The number of carbonyl (C=O) groups is 1. The predicted octanol–water partition coefficient (Wildman–Crippen LogP) is 8.20. The van der Waals surface area contributed by atoms with Crippen LogP contribution in [0, 0.1) is 0 Å². The zero-order valence-corrected chi connectivity index (χ0v) is 26.1. The third kappa shape index (κ3) is 10.3. The second-order valence-corrected chi connectivity index (χ2v) is 11.1. The van der Waals surface area contributed by atoms with Crippen LogP contribution in [0.1, 0.15) is 34.9 Å². The third-order valence-corrected chi connectivity index (χ3v) is 7.20. The van der Waals surface area contributed by atoms with Crippen molar-refractivity contribution in [2.45, 2.75) is 37.6 Å². The van der Waals surface area contributed by atoms with Gasteiger partial charge in [0.15, 0.2) is 0 Å². The molecule has 1 aliphatic rings. The molecule has 6 rings (SSSR count). The largest absolute Gasteiger partial charge is 0.490 e. The molecule has 2 atom stereocenters. The molecule has 5 aromatic rings. The van der Waals surface area contributed by atoms with Gasteiger partial charge in [-0.3, -0.25) is 0 Å². The second-order valence-electron chi connectivity index (χ2n) is 10.3. The first-order valence-electron chi connectivity index (χ1n) is 14.4. The normalized spacial score (nSPS) is 16.1. The van der Waals surface area contributed by atoms with Gasteiger partial charge in [-0.25, -0.2) is 4.79 Å². The van der Waals surface area contributed by atoms with E-state index in [1.807, 2.05) is 30.3 Å². The standard InChI is InChI=1S/C31H29N3O2.C2HF3O2.CH2Cl2/c1-2-7-26(8-3-1)31-34-33-30(36-31)19-22-10-14-25(15-11-22)28-16-17-32-20-29(28)35-21-23-12-13-24-6-4-5-9-27(24)18-23;3-2(4,5)1(6)7;2-1-3/h1-15,18,28-29,32H,16-17,19-21H2;(H,6,7);1H2. The van der Waals surface area contributed by atoms with E-state index < -0.39 is 12.1 Å². The molecule has 0 spiro atoms. The van der Waals surface area contributed by atoms with E-state index in [4.69, 9.17) is 42.3 Å². The molecule has 1 fully saturated rings. The number of carboxylic acids is 1. The number of benzene rings is 4. The zero-order valence-electron chi connectivity index (χ0n) is 24.6. The van der Waals surface area contributed by atoms with Crippen LogP contribution in [-0.4, -0.2) is 52.0 Å². The van der Waals surface area contributed by atoms with Crippen LogP contribution in [0.5, 0.6) is 0 Å². The minimum atomic E-state index is -5.08. The van der Waals surface area contributed by atoms with Gasteiger partial charge in [-0.2, -0.15) is 13.2 Å². The number of piperidine rings is 1. The first kappa shape index (κ1) is 34.9. The van der Waals surface area contributed by atoms with Crippen molar-refractivity contribution in [1.29, 1.82) is 0 Å². The number of rotatable bonds is 7. The summed E-state index contributed by atoms with van der Waals surface area (Å²) in [6.45, 7) is 2.49. The summed E-state index contributed by atoms with van der Waals surface area (Å²) in [6.07, 6.45) is -3.26. The van der Waals surface area contributed by atoms with Gasteiger partial charge in [-0.05, 0) is 58.6 Å². The number of fused-ring (bicyclic) bond motifs is 1. The molecular formula is C34H32Cl2F3N3O4. The van der Waals surface area contributed by atoms with Crippen molar-refractivity contribution in [1.82, 2.24) is 15.5 Å². The molecule has 7 nitrogen and oxygen atoms in total.